The number of hydrogen-bond donors (Lipinski definition) is 1. The van der Waals surface area contributed by atoms with Crippen molar-refractivity contribution in [3.8, 4) is 16.2 Å². The zero-order chi connectivity index (χ0) is 24.1. The van der Waals surface area contributed by atoms with Gasteiger partial charge in [0.05, 0.1) is 31.0 Å². The molecule has 0 aliphatic rings. The van der Waals surface area contributed by atoms with Crippen LogP contribution in [0.1, 0.15) is 30.1 Å². The topological polar surface area (TPSA) is 108 Å². The summed E-state index contributed by atoms with van der Waals surface area (Å²) >= 11 is -1.69. The number of carbonyl (C=O) groups excluding carboxylic acids is 1. The molecule has 2 heterocycles. The minimum Gasteiger partial charge on any atom is -0.755 e. The highest BCUT2D eigenvalue weighted by atomic mass is 32.2. The molecule has 0 fully saturated rings. The molecule has 0 saturated heterocycles. The van der Waals surface area contributed by atoms with Crippen LogP contribution in [0.5, 0.6) is 5.06 Å². The van der Waals surface area contributed by atoms with Gasteiger partial charge in [-0.1, -0.05) is 26.0 Å². The highest BCUT2D eigenvalue weighted by molar-refractivity contribution is 7.77. The number of halogens is 1. The fourth-order valence-electron chi connectivity index (χ4n) is 3.25. The molecule has 0 radical (unpaired) electrons. The Bertz CT molecular complexity index is 1150. The standard InChI is InChI=1S/C22H26FN3O5S2/c1-14(2)10-18-12-19(21(32-18)31-22(28)26(8-9-27)33(29)30)16-4-5-17(20(23)11-16)13-25-7-6-24-15(25)3/h4-7,11-12,14,27H,8-10,13H2,1-3H3,(H,29,30)/p-1. The molecule has 0 aliphatic carbocycles. The third-order valence-electron chi connectivity index (χ3n) is 4.85. The second-order valence-corrected chi connectivity index (χ2v) is 9.81. The summed E-state index contributed by atoms with van der Waals surface area (Å²) in [6.45, 7) is 5.28. The van der Waals surface area contributed by atoms with E-state index in [0.717, 1.165) is 10.7 Å². The number of aliphatic hydroxyl groups is 1. The molecule has 11 heteroatoms. The summed E-state index contributed by atoms with van der Waals surface area (Å²) < 4.78 is 45.2. The average Bonchev–Trinajstić information content (AvgIpc) is 3.32. The number of carbonyl (C=O) groups is 1. The van der Waals surface area contributed by atoms with Gasteiger partial charge >= 0.3 is 6.09 Å². The van der Waals surface area contributed by atoms with Crippen molar-refractivity contribution < 1.29 is 27.8 Å². The maximum Gasteiger partial charge on any atom is 0.427 e. The normalized spacial score (nSPS) is 12.2. The first-order valence-electron chi connectivity index (χ1n) is 10.3. The van der Waals surface area contributed by atoms with Crippen LogP contribution in [0.25, 0.3) is 11.1 Å². The van der Waals surface area contributed by atoms with Crippen molar-refractivity contribution in [3.63, 3.8) is 0 Å². The summed E-state index contributed by atoms with van der Waals surface area (Å²) in [6.07, 6.45) is 3.00. The quantitative estimate of drug-likeness (QED) is 0.452. The van der Waals surface area contributed by atoms with E-state index < -0.39 is 36.3 Å². The van der Waals surface area contributed by atoms with Crippen LogP contribution in [0.4, 0.5) is 9.18 Å². The van der Waals surface area contributed by atoms with E-state index in [9.17, 15) is 17.9 Å². The van der Waals surface area contributed by atoms with Crippen LogP contribution in [-0.2, 0) is 24.2 Å². The Morgan fingerprint density at radius 2 is 2.15 bits per heavy atom. The van der Waals surface area contributed by atoms with E-state index in [2.05, 4.69) is 4.98 Å². The number of imidazole rings is 1. The van der Waals surface area contributed by atoms with Crippen LogP contribution in [0.3, 0.4) is 0 Å². The number of ether oxygens (including phenoxy) is 1. The second-order valence-electron chi connectivity index (χ2n) is 7.83. The van der Waals surface area contributed by atoms with Gasteiger partial charge in [0.25, 0.3) is 0 Å². The molecule has 1 aromatic carbocycles. The first-order valence-corrected chi connectivity index (χ1v) is 12.1. The van der Waals surface area contributed by atoms with E-state index in [1.165, 1.54) is 17.4 Å². The summed E-state index contributed by atoms with van der Waals surface area (Å²) in [5, 5.41) is 9.20. The predicted octanol–water partition coefficient (Wildman–Crippen LogP) is 3.89. The Labute approximate surface area is 198 Å². The molecule has 1 unspecified atom stereocenters. The number of amides is 1. The van der Waals surface area contributed by atoms with Crippen molar-refractivity contribution >= 4 is 28.7 Å². The molecule has 0 spiro atoms. The number of thiophene rings is 1. The Kier molecular flexibility index (Phi) is 8.35. The van der Waals surface area contributed by atoms with E-state index in [0.29, 0.717) is 39.9 Å². The van der Waals surface area contributed by atoms with Gasteiger partial charge in [0.1, 0.15) is 11.6 Å². The van der Waals surface area contributed by atoms with Crippen molar-refractivity contribution in [3.05, 3.63) is 58.7 Å². The molecule has 3 aromatic rings. The zero-order valence-electron chi connectivity index (χ0n) is 18.5. The van der Waals surface area contributed by atoms with Gasteiger partial charge in [0, 0.05) is 28.4 Å². The Morgan fingerprint density at radius 3 is 2.73 bits per heavy atom. The fraction of sp³-hybridized carbons (Fsp3) is 0.364. The van der Waals surface area contributed by atoms with Crippen molar-refractivity contribution in [1.29, 1.82) is 0 Å². The van der Waals surface area contributed by atoms with E-state index in [4.69, 9.17) is 9.84 Å². The molecular weight excluding hydrogens is 469 g/mol. The first-order chi connectivity index (χ1) is 15.7. The number of benzene rings is 1. The molecule has 8 nitrogen and oxygen atoms in total. The SMILES string of the molecule is Cc1nccn1Cc1ccc(-c2cc(CC(C)C)sc2OC(=O)N(CCO)S(=O)[O-])cc1F. The summed E-state index contributed by atoms with van der Waals surface area (Å²) in [5.41, 5.74) is 1.48. The van der Waals surface area contributed by atoms with Crippen LogP contribution in [-0.4, -0.2) is 47.0 Å². The van der Waals surface area contributed by atoms with Crippen molar-refractivity contribution in [2.75, 3.05) is 13.2 Å². The predicted molar refractivity (Wildman–Crippen MR) is 123 cm³/mol. The number of aryl methyl sites for hydroxylation is 1. The largest absolute Gasteiger partial charge is 0.755 e. The van der Waals surface area contributed by atoms with E-state index in [1.54, 1.807) is 24.5 Å². The van der Waals surface area contributed by atoms with Crippen LogP contribution in [0.15, 0.2) is 36.7 Å². The van der Waals surface area contributed by atoms with Crippen molar-refractivity contribution in [2.24, 2.45) is 5.92 Å². The molecule has 33 heavy (non-hydrogen) atoms. The number of rotatable bonds is 9. The van der Waals surface area contributed by atoms with Crippen LogP contribution >= 0.6 is 11.3 Å². The summed E-state index contributed by atoms with van der Waals surface area (Å²) in [5.74, 6) is 0.682. The lowest BCUT2D eigenvalue weighted by molar-refractivity contribution is 0.169. The summed E-state index contributed by atoms with van der Waals surface area (Å²) in [7, 11) is 0. The molecular formula is C22H25FN3O5S2-. The molecule has 0 saturated carbocycles. The lowest BCUT2D eigenvalue weighted by atomic mass is 10.0. The third-order valence-corrected chi connectivity index (χ3v) is 6.58. The van der Waals surface area contributed by atoms with Crippen LogP contribution in [0, 0.1) is 18.7 Å². The van der Waals surface area contributed by atoms with Gasteiger partial charge in [-0.2, -0.15) is 0 Å². The Hall–Kier alpha value is -2.60. The van der Waals surface area contributed by atoms with Gasteiger partial charge in [-0.3, -0.25) is 4.21 Å². The Balaban J connectivity index is 1.93. The molecule has 0 aliphatic heterocycles. The average molecular weight is 495 g/mol. The first kappa shape index (κ1) is 25.0. The Morgan fingerprint density at radius 1 is 1.39 bits per heavy atom. The molecule has 1 N–H and O–H groups in total. The minimum absolute atomic E-state index is 0.168. The minimum atomic E-state index is -2.90. The molecule has 2 aromatic heterocycles. The highest BCUT2D eigenvalue weighted by Gasteiger charge is 2.22. The van der Waals surface area contributed by atoms with E-state index >= 15 is 0 Å². The number of aliphatic hydroxyl groups excluding tert-OH is 1. The molecule has 178 valence electrons. The molecule has 0 bridgehead atoms. The van der Waals surface area contributed by atoms with Gasteiger partial charge in [-0.05, 0) is 37.0 Å². The zero-order valence-corrected chi connectivity index (χ0v) is 20.1. The highest BCUT2D eigenvalue weighted by Crippen LogP contribution is 2.40. The fourth-order valence-corrected chi connectivity index (χ4v) is 4.87. The maximum absolute atomic E-state index is 14.9. The maximum atomic E-state index is 14.9. The van der Waals surface area contributed by atoms with Gasteiger partial charge in [-0.15, -0.1) is 11.3 Å². The van der Waals surface area contributed by atoms with Crippen molar-refractivity contribution in [2.45, 2.75) is 33.7 Å². The molecule has 1 atom stereocenters. The summed E-state index contributed by atoms with van der Waals surface area (Å²) in [6, 6.07) is 6.60. The van der Waals surface area contributed by atoms with Crippen LogP contribution < -0.4 is 4.74 Å². The van der Waals surface area contributed by atoms with Crippen molar-refractivity contribution in [1.82, 2.24) is 13.9 Å². The van der Waals surface area contributed by atoms with E-state index in [-0.39, 0.29) is 5.06 Å². The van der Waals surface area contributed by atoms with Gasteiger partial charge in [0.15, 0.2) is 5.06 Å². The van der Waals surface area contributed by atoms with Gasteiger partial charge in [-0.25, -0.2) is 18.5 Å². The number of hydrogen-bond acceptors (Lipinski definition) is 7. The van der Waals surface area contributed by atoms with Crippen LogP contribution in [0.2, 0.25) is 0 Å². The summed E-state index contributed by atoms with van der Waals surface area (Å²) in [4.78, 5) is 17.5. The number of aromatic nitrogens is 2. The van der Waals surface area contributed by atoms with Gasteiger partial charge in [0.2, 0.25) is 0 Å². The number of nitrogens with zero attached hydrogens (tertiary/aromatic N) is 3. The van der Waals surface area contributed by atoms with E-state index in [1.807, 2.05) is 31.4 Å². The third kappa shape index (κ3) is 6.26. The molecule has 3 rings (SSSR count). The smallest absolute Gasteiger partial charge is 0.427 e. The van der Waals surface area contributed by atoms with Gasteiger partial charge < -0.3 is 19.0 Å². The second kappa shape index (κ2) is 11.0. The monoisotopic (exact) mass is 494 g/mol. The lowest BCUT2D eigenvalue weighted by Crippen LogP contribution is -2.37. The molecule has 1 amide bonds. The lowest BCUT2D eigenvalue weighted by Gasteiger charge is -2.22.